The van der Waals surface area contributed by atoms with Gasteiger partial charge in [-0.05, 0) is 11.4 Å². The molecule has 80 valence electrons. The number of rotatable bonds is 4. The molecule has 0 aliphatic heterocycles. The van der Waals surface area contributed by atoms with Crippen molar-refractivity contribution in [2.24, 2.45) is 0 Å². The Labute approximate surface area is 93.4 Å². The molecule has 1 rings (SSSR count). The number of thiophene rings is 1. The van der Waals surface area contributed by atoms with Crippen molar-refractivity contribution in [2.45, 2.75) is 17.7 Å². The van der Waals surface area contributed by atoms with Crippen LogP contribution in [-0.2, 0) is 15.9 Å². The quantitative estimate of drug-likeness (QED) is 0.771. The number of nitrogens with zero attached hydrogens (tertiary/aromatic N) is 1. The minimum atomic E-state index is -3.33. The van der Waals surface area contributed by atoms with Gasteiger partial charge in [0, 0.05) is 18.5 Å². The van der Waals surface area contributed by atoms with Crippen LogP contribution >= 0.6 is 22.9 Å². The summed E-state index contributed by atoms with van der Waals surface area (Å²) >= 11 is 7.02. The van der Waals surface area contributed by atoms with Crippen LogP contribution in [0.5, 0.6) is 0 Å². The SMILES string of the molecule is CCN(C)S(=O)(=O)c1ccsc1CCl. The second-order valence-corrected chi connectivity index (χ2v) is 6.04. The van der Waals surface area contributed by atoms with Crippen molar-refractivity contribution in [3.05, 3.63) is 16.3 Å². The van der Waals surface area contributed by atoms with Gasteiger partial charge >= 0.3 is 0 Å². The average Bonchev–Trinajstić information content (AvgIpc) is 2.64. The molecule has 3 nitrogen and oxygen atoms in total. The fraction of sp³-hybridized carbons (Fsp3) is 0.500. The Balaban J connectivity index is 3.16. The maximum absolute atomic E-state index is 11.9. The van der Waals surface area contributed by atoms with E-state index in [9.17, 15) is 8.42 Å². The van der Waals surface area contributed by atoms with Gasteiger partial charge in [0.05, 0.1) is 10.8 Å². The first-order chi connectivity index (χ1) is 6.54. The Bertz CT molecular complexity index is 399. The van der Waals surface area contributed by atoms with Crippen LogP contribution in [0.25, 0.3) is 0 Å². The first-order valence-electron chi connectivity index (χ1n) is 4.12. The third kappa shape index (κ3) is 2.11. The molecule has 0 bridgehead atoms. The van der Waals surface area contributed by atoms with E-state index in [4.69, 9.17) is 11.6 Å². The third-order valence-corrected chi connectivity index (χ3v) is 5.45. The largest absolute Gasteiger partial charge is 0.243 e. The summed E-state index contributed by atoms with van der Waals surface area (Å²) in [6, 6.07) is 1.60. The molecule has 0 atom stereocenters. The van der Waals surface area contributed by atoms with Gasteiger partial charge in [-0.25, -0.2) is 12.7 Å². The Morgan fingerprint density at radius 1 is 1.57 bits per heavy atom. The number of alkyl halides is 1. The number of sulfonamides is 1. The molecule has 6 heteroatoms. The minimum absolute atomic E-state index is 0.240. The maximum atomic E-state index is 11.9. The highest BCUT2D eigenvalue weighted by Gasteiger charge is 2.22. The summed E-state index contributed by atoms with van der Waals surface area (Å²) < 4.78 is 25.1. The lowest BCUT2D eigenvalue weighted by molar-refractivity contribution is 0.486. The van der Waals surface area contributed by atoms with Gasteiger partial charge in [0.2, 0.25) is 10.0 Å². The van der Waals surface area contributed by atoms with E-state index in [-0.39, 0.29) is 5.88 Å². The van der Waals surface area contributed by atoms with Gasteiger partial charge in [-0.15, -0.1) is 22.9 Å². The lowest BCUT2D eigenvalue weighted by Crippen LogP contribution is -2.26. The van der Waals surface area contributed by atoms with E-state index < -0.39 is 10.0 Å². The zero-order chi connectivity index (χ0) is 10.8. The smallest absolute Gasteiger partial charge is 0.207 e. The van der Waals surface area contributed by atoms with Crippen LogP contribution in [0.1, 0.15) is 11.8 Å². The molecule has 0 saturated carbocycles. The highest BCUT2D eigenvalue weighted by Crippen LogP contribution is 2.25. The van der Waals surface area contributed by atoms with E-state index in [0.29, 0.717) is 16.3 Å². The minimum Gasteiger partial charge on any atom is -0.207 e. The van der Waals surface area contributed by atoms with Crippen molar-refractivity contribution in [1.82, 2.24) is 4.31 Å². The zero-order valence-electron chi connectivity index (χ0n) is 8.03. The van der Waals surface area contributed by atoms with Crippen LogP contribution in [-0.4, -0.2) is 26.3 Å². The molecule has 0 N–H and O–H groups in total. The molecule has 1 aromatic heterocycles. The van der Waals surface area contributed by atoms with Crippen LogP contribution in [0.3, 0.4) is 0 Å². The summed E-state index contributed by atoms with van der Waals surface area (Å²) in [4.78, 5) is 1.04. The third-order valence-electron chi connectivity index (χ3n) is 1.96. The Morgan fingerprint density at radius 3 is 2.71 bits per heavy atom. The van der Waals surface area contributed by atoms with Gasteiger partial charge in [-0.2, -0.15) is 0 Å². The molecular weight excluding hydrogens is 242 g/mol. The predicted molar refractivity (Wildman–Crippen MR) is 59.4 cm³/mol. The second kappa shape index (κ2) is 4.61. The molecule has 0 fully saturated rings. The monoisotopic (exact) mass is 253 g/mol. The summed E-state index contributed by atoms with van der Waals surface area (Å²) in [5.74, 6) is 0.240. The van der Waals surface area contributed by atoms with Crippen LogP contribution in [0, 0.1) is 0 Å². The van der Waals surface area contributed by atoms with E-state index in [1.807, 2.05) is 0 Å². The standard InChI is InChI=1S/C8H12ClNO2S2/c1-3-10(2)14(11,12)8-4-5-13-7(8)6-9/h4-5H,3,6H2,1-2H3. The molecule has 0 amide bonds. The highest BCUT2D eigenvalue weighted by molar-refractivity contribution is 7.89. The van der Waals surface area contributed by atoms with Crippen molar-refractivity contribution in [3.63, 3.8) is 0 Å². The first kappa shape index (κ1) is 12.0. The fourth-order valence-electron chi connectivity index (χ4n) is 0.994. The number of halogens is 1. The first-order valence-corrected chi connectivity index (χ1v) is 6.98. The highest BCUT2D eigenvalue weighted by atomic mass is 35.5. The van der Waals surface area contributed by atoms with Crippen molar-refractivity contribution < 1.29 is 8.42 Å². The van der Waals surface area contributed by atoms with Gasteiger partial charge < -0.3 is 0 Å². The number of hydrogen-bond donors (Lipinski definition) is 0. The molecule has 0 spiro atoms. The van der Waals surface area contributed by atoms with Gasteiger partial charge in [-0.3, -0.25) is 0 Å². The molecule has 0 saturated heterocycles. The fourth-order valence-corrected chi connectivity index (χ4v) is 3.84. The lowest BCUT2D eigenvalue weighted by Gasteiger charge is -2.14. The zero-order valence-corrected chi connectivity index (χ0v) is 10.4. The molecule has 0 unspecified atom stereocenters. The van der Waals surface area contributed by atoms with Crippen LogP contribution in [0.2, 0.25) is 0 Å². The van der Waals surface area contributed by atoms with Crippen LogP contribution in [0.4, 0.5) is 0 Å². The van der Waals surface area contributed by atoms with E-state index in [1.54, 1.807) is 25.4 Å². The molecule has 0 radical (unpaired) electrons. The van der Waals surface area contributed by atoms with Crippen molar-refractivity contribution in [1.29, 1.82) is 0 Å². The molecule has 0 aliphatic rings. The van der Waals surface area contributed by atoms with Crippen LogP contribution in [0.15, 0.2) is 16.3 Å². The van der Waals surface area contributed by atoms with Crippen LogP contribution < -0.4 is 0 Å². The van der Waals surface area contributed by atoms with E-state index in [2.05, 4.69) is 0 Å². The van der Waals surface area contributed by atoms with Crippen molar-refractivity contribution in [2.75, 3.05) is 13.6 Å². The molecule has 0 aliphatic carbocycles. The number of hydrogen-bond acceptors (Lipinski definition) is 3. The van der Waals surface area contributed by atoms with Gasteiger partial charge in [0.15, 0.2) is 0 Å². The summed E-state index contributed by atoms with van der Waals surface area (Å²) in [6.45, 7) is 2.25. The molecule has 0 aromatic carbocycles. The van der Waals surface area contributed by atoms with Gasteiger partial charge in [-0.1, -0.05) is 6.92 Å². The van der Waals surface area contributed by atoms with E-state index >= 15 is 0 Å². The normalized spacial score (nSPS) is 12.3. The molecule has 1 heterocycles. The second-order valence-electron chi connectivity index (χ2n) is 2.76. The molecular formula is C8H12ClNO2S2. The molecule has 1 aromatic rings. The van der Waals surface area contributed by atoms with Gasteiger partial charge in [0.1, 0.15) is 0 Å². The Hall–Kier alpha value is -0.100. The van der Waals surface area contributed by atoms with Crippen molar-refractivity contribution >= 4 is 33.0 Å². The van der Waals surface area contributed by atoms with Gasteiger partial charge in [0.25, 0.3) is 0 Å². The maximum Gasteiger partial charge on any atom is 0.243 e. The summed E-state index contributed by atoms with van der Waals surface area (Å²) in [5.41, 5.74) is 0. The van der Waals surface area contributed by atoms with E-state index in [1.165, 1.54) is 15.6 Å². The molecule has 14 heavy (non-hydrogen) atoms. The predicted octanol–water partition coefficient (Wildman–Crippen LogP) is 2.13. The Kier molecular flexibility index (Phi) is 3.94. The topological polar surface area (TPSA) is 37.4 Å². The van der Waals surface area contributed by atoms with Crippen molar-refractivity contribution in [3.8, 4) is 0 Å². The average molecular weight is 254 g/mol. The summed E-state index contributed by atoms with van der Waals surface area (Å²) in [5, 5.41) is 1.74. The van der Waals surface area contributed by atoms with E-state index in [0.717, 1.165) is 0 Å². The summed E-state index contributed by atoms with van der Waals surface area (Å²) in [7, 11) is -1.77. The lowest BCUT2D eigenvalue weighted by atomic mass is 10.5. The Morgan fingerprint density at radius 2 is 2.21 bits per heavy atom. The summed E-state index contributed by atoms with van der Waals surface area (Å²) in [6.07, 6.45) is 0.